The van der Waals surface area contributed by atoms with Crippen molar-refractivity contribution in [1.82, 2.24) is 5.32 Å². The van der Waals surface area contributed by atoms with Crippen LogP contribution in [0.15, 0.2) is 0 Å². The molecule has 1 nitrogen and oxygen atoms in total. The number of hydrogen-bond acceptors (Lipinski definition) is 2. The minimum absolute atomic E-state index is 0.782. The lowest BCUT2D eigenvalue weighted by Crippen LogP contribution is -2.27. The molecule has 0 aromatic rings. The third kappa shape index (κ3) is 5.46. The van der Waals surface area contributed by atoms with Crippen molar-refractivity contribution < 1.29 is 0 Å². The molecule has 1 aliphatic carbocycles. The van der Waals surface area contributed by atoms with Crippen molar-refractivity contribution in [1.29, 1.82) is 0 Å². The van der Waals surface area contributed by atoms with Crippen molar-refractivity contribution >= 4 is 23.4 Å². The molecular weight excluding hydrogens is 226 g/mol. The molecule has 0 heterocycles. The summed E-state index contributed by atoms with van der Waals surface area (Å²) < 4.78 is 0. The van der Waals surface area contributed by atoms with Crippen molar-refractivity contribution in [3.05, 3.63) is 0 Å². The molecule has 1 aliphatic rings. The van der Waals surface area contributed by atoms with Gasteiger partial charge in [-0.1, -0.05) is 13.3 Å². The van der Waals surface area contributed by atoms with Crippen LogP contribution < -0.4 is 5.32 Å². The van der Waals surface area contributed by atoms with Crippen LogP contribution in [0.1, 0.15) is 32.6 Å². The average molecular weight is 250 g/mol. The van der Waals surface area contributed by atoms with Gasteiger partial charge in [-0.15, -0.1) is 11.6 Å². The number of halogens is 1. The molecule has 3 heteroatoms. The second-order valence-electron chi connectivity index (χ2n) is 4.36. The van der Waals surface area contributed by atoms with E-state index in [-0.39, 0.29) is 0 Å². The van der Waals surface area contributed by atoms with Gasteiger partial charge in [0.25, 0.3) is 0 Å². The van der Waals surface area contributed by atoms with Crippen molar-refractivity contribution in [2.45, 2.75) is 32.6 Å². The van der Waals surface area contributed by atoms with Crippen LogP contribution in [0.3, 0.4) is 0 Å². The van der Waals surface area contributed by atoms with E-state index >= 15 is 0 Å². The van der Waals surface area contributed by atoms with E-state index in [1.165, 1.54) is 50.3 Å². The van der Waals surface area contributed by atoms with E-state index in [1.807, 2.05) is 11.8 Å². The number of alkyl halides is 1. The lowest BCUT2D eigenvalue weighted by atomic mass is 9.98. The SMILES string of the molecule is CCSCCCNCC1CCCC1CCl. The smallest absolute Gasteiger partial charge is 0.0254 e. The van der Waals surface area contributed by atoms with E-state index < -0.39 is 0 Å². The Hall–Kier alpha value is 0.600. The predicted molar refractivity (Wildman–Crippen MR) is 72.0 cm³/mol. The van der Waals surface area contributed by atoms with Crippen molar-refractivity contribution in [3.63, 3.8) is 0 Å². The fraction of sp³-hybridized carbons (Fsp3) is 1.00. The Kier molecular flexibility index (Phi) is 7.94. The van der Waals surface area contributed by atoms with Gasteiger partial charge in [-0.25, -0.2) is 0 Å². The van der Waals surface area contributed by atoms with Crippen molar-refractivity contribution in [2.75, 3.05) is 30.5 Å². The van der Waals surface area contributed by atoms with E-state index in [2.05, 4.69) is 12.2 Å². The molecule has 1 rings (SSSR count). The highest BCUT2D eigenvalue weighted by Gasteiger charge is 2.25. The molecule has 2 unspecified atom stereocenters. The van der Waals surface area contributed by atoms with E-state index in [0.717, 1.165) is 17.7 Å². The van der Waals surface area contributed by atoms with E-state index in [1.54, 1.807) is 0 Å². The largest absolute Gasteiger partial charge is 0.316 e. The summed E-state index contributed by atoms with van der Waals surface area (Å²) in [6.07, 6.45) is 5.42. The molecule has 1 fully saturated rings. The molecular formula is C12H24ClNS. The van der Waals surface area contributed by atoms with E-state index in [9.17, 15) is 0 Å². The molecule has 0 aromatic heterocycles. The molecule has 90 valence electrons. The average Bonchev–Trinajstić information content (AvgIpc) is 2.70. The van der Waals surface area contributed by atoms with Gasteiger partial charge in [0.1, 0.15) is 0 Å². The van der Waals surface area contributed by atoms with Crippen LogP contribution in [0.25, 0.3) is 0 Å². The summed E-state index contributed by atoms with van der Waals surface area (Å²) in [5, 5.41) is 3.58. The van der Waals surface area contributed by atoms with Gasteiger partial charge < -0.3 is 5.32 Å². The highest BCUT2D eigenvalue weighted by molar-refractivity contribution is 7.99. The maximum absolute atomic E-state index is 5.95. The van der Waals surface area contributed by atoms with Gasteiger partial charge in [-0.05, 0) is 55.7 Å². The minimum atomic E-state index is 0.782. The van der Waals surface area contributed by atoms with Gasteiger partial charge in [-0.3, -0.25) is 0 Å². The molecule has 0 amide bonds. The number of rotatable bonds is 8. The van der Waals surface area contributed by atoms with Crippen LogP contribution in [-0.4, -0.2) is 30.5 Å². The fourth-order valence-electron chi connectivity index (χ4n) is 2.32. The highest BCUT2D eigenvalue weighted by Crippen LogP contribution is 2.31. The lowest BCUT2D eigenvalue weighted by molar-refractivity contribution is 0.397. The number of nitrogens with one attached hydrogen (secondary N) is 1. The zero-order chi connectivity index (χ0) is 10.9. The lowest BCUT2D eigenvalue weighted by Gasteiger charge is -2.17. The minimum Gasteiger partial charge on any atom is -0.316 e. The summed E-state index contributed by atoms with van der Waals surface area (Å²) in [6.45, 7) is 4.59. The first-order chi connectivity index (χ1) is 7.38. The van der Waals surface area contributed by atoms with Crippen molar-refractivity contribution in [3.8, 4) is 0 Å². The predicted octanol–water partition coefficient (Wildman–Crippen LogP) is 3.37. The molecule has 15 heavy (non-hydrogen) atoms. The molecule has 1 N–H and O–H groups in total. The second kappa shape index (κ2) is 8.72. The van der Waals surface area contributed by atoms with E-state index in [4.69, 9.17) is 11.6 Å². The Balaban J connectivity index is 1.95. The second-order valence-corrected chi connectivity index (χ2v) is 6.06. The quantitative estimate of drug-likeness (QED) is 0.523. The molecule has 1 saturated carbocycles. The molecule has 2 atom stereocenters. The molecule has 0 aromatic carbocycles. The first-order valence-corrected chi connectivity index (χ1v) is 7.91. The third-order valence-corrected chi connectivity index (χ3v) is 4.65. The monoisotopic (exact) mass is 249 g/mol. The Bertz CT molecular complexity index is 155. The first kappa shape index (κ1) is 13.7. The van der Waals surface area contributed by atoms with Gasteiger partial charge >= 0.3 is 0 Å². The van der Waals surface area contributed by atoms with Crippen LogP contribution in [0, 0.1) is 11.8 Å². The Morgan fingerprint density at radius 3 is 2.87 bits per heavy atom. The first-order valence-electron chi connectivity index (χ1n) is 6.23. The van der Waals surface area contributed by atoms with Gasteiger partial charge in [0.2, 0.25) is 0 Å². The number of thioether (sulfide) groups is 1. The topological polar surface area (TPSA) is 12.0 Å². The Morgan fingerprint density at radius 1 is 1.33 bits per heavy atom. The zero-order valence-corrected chi connectivity index (χ0v) is 11.4. The summed E-state index contributed by atoms with van der Waals surface area (Å²) in [5.74, 6) is 5.03. The van der Waals surface area contributed by atoms with Gasteiger partial charge in [0.05, 0.1) is 0 Å². The molecule has 0 bridgehead atoms. The molecule has 0 spiro atoms. The van der Waals surface area contributed by atoms with Crippen LogP contribution in [0.2, 0.25) is 0 Å². The van der Waals surface area contributed by atoms with Gasteiger partial charge in [0, 0.05) is 5.88 Å². The standard InChI is InChI=1S/C12H24ClNS/c1-2-15-8-4-7-14-10-12-6-3-5-11(12)9-13/h11-12,14H,2-10H2,1H3. The van der Waals surface area contributed by atoms with Crippen molar-refractivity contribution in [2.24, 2.45) is 11.8 Å². The Morgan fingerprint density at radius 2 is 2.13 bits per heavy atom. The summed E-state index contributed by atoms with van der Waals surface area (Å²) in [4.78, 5) is 0. The maximum Gasteiger partial charge on any atom is 0.0254 e. The molecule has 0 saturated heterocycles. The normalized spacial score (nSPS) is 26.0. The highest BCUT2D eigenvalue weighted by atomic mass is 35.5. The van der Waals surface area contributed by atoms with Crippen LogP contribution >= 0.6 is 23.4 Å². The number of hydrogen-bond donors (Lipinski definition) is 1. The van der Waals surface area contributed by atoms with E-state index in [0.29, 0.717) is 0 Å². The third-order valence-electron chi connectivity index (χ3n) is 3.27. The van der Waals surface area contributed by atoms with Crippen LogP contribution in [0.4, 0.5) is 0 Å². The zero-order valence-electron chi connectivity index (χ0n) is 9.80. The van der Waals surface area contributed by atoms with Gasteiger partial charge in [0.15, 0.2) is 0 Å². The summed E-state index contributed by atoms with van der Waals surface area (Å²) in [6, 6.07) is 0. The van der Waals surface area contributed by atoms with Gasteiger partial charge in [-0.2, -0.15) is 11.8 Å². The van der Waals surface area contributed by atoms with Crippen LogP contribution in [0.5, 0.6) is 0 Å². The van der Waals surface area contributed by atoms with Crippen LogP contribution in [-0.2, 0) is 0 Å². The molecule has 0 aliphatic heterocycles. The Labute approximate surface area is 104 Å². The fourth-order valence-corrected chi connectivity index (χ4v) is 3.36. The summed E-state index contributed by atoms with van der Waals surface area (Å²) >= 11 is 7.99. The summed E-state index contributed by atoms with van der Waals surface area (Å²) in [5.41, 5.74) is 0. The summed E-state index contributed by atoms with van der Waals surface area (Å²) in [7, 11) is 0. The molecule has 0 radical (unpaired) electrons. The maximum atomic E-state index is 5.95.